The molecule has 120 valence electrons. The molecule has 1 fully saturated rings. The van der Waals surface area contributed by atoms with Crippen molar-refractivity contribution in [3.8, 4) is 11.1 Å². The van der Waals surface area contributed by atoms with Crippen LogP contribution in [0.4, 0.5) is 0 Å². The van der Waals surface area contributed by atoms with Crippen molar-refractivity contribution in [2.45, 2.75) is 0 Å². The van der Waals surface area contributed by atoms with E-state index in [0.29, 0.717) is 31.9 Å². The molecule has 1 aliphatic heterocycles. The van der Waals surface area contributed by atoms with Crippen LogP contribution < -0.4 is 5.32 Å². The quantitative estimate of drug-likeness (QED) is 0.933. The average Bonchev–Trinajstić information content (AvgIpc) is 3.15. The van der Waals surface area contributed by atoms with Gasteiger partial charge in [-0.05, 0) is 40.1 Å². The smallest absolute Gasteiger partial charge is 0.251 e. The summed E-state index contributed by atoms with van der Waals surface area (Å²) in [6, 6.07) is 9.44. The van der Waals surface area contributed by atoms with Gasteiger partial charge >= 0.3 is 0 Å². The molecule has 2 heterocycles. The standard InChI is InChI=1S/C17H18N2O3S/c20-16(19-5-7-22-8-6-19)11-18-17(21)14-3-1-2-13(10-14)15-4-9-23-12-15/h1-4,9-10,12H,5-8,11H2,(H,18,21). The molecule has 0 unspecified atom stereocenters. The summed E-state index contributed by atoms with van der Waals surface area (Å²) < 4.78 is 5.21. The van der Waals surface area contributed by atoms with Gasteiger partial charge in [0.25, 0.3) is 5.91 Å². The zero-order valence-electron chi connectivity index (χ0n) is 12.7. The van der Waals surface area contributed by atoms with E-state index in [4.69, 9.17) is 4.74 Å². The van der Waals surface area contributed by atoms with E-state index in [9.17, 15) is 9.59 Å². The number of nitrogens with zero attached hydrogens (tertiary/aromatic N) is 1. The molecule has 0 atom stereocenters. The van der Waals surface area contributed by atoms with E-state index in [2.05, 4.69) is 5.32 Å². The van der Waals surface area contributed by atoms with Gasteiger partial charge < -0.3 is 15.0 Å². The summed E-state index contributed by atoms with van der Waals surface area (Å²) in [6.45, 7) is 2.30. The Balaban J connectivity index is 1.60. The second kappa shape index (κ2) is 7.39. The molecule has 0 aliphatic carbocycles. The lowest BCUT2D eigenvalue weighted by Gasteiger charge is -2.26. The van der Waals surface area contributed by atoms with Crippen LogP contribution in [0.5, 0.6) is 0 Å². The first-order valence-electron chi connectivity index (χ1n) is 7.50. The van der Waals surface area contributed by atoms with E-state index in [1.165, 1.54) is 0 Å². The van der Waals surface area contributed by atoms with E-state index in [0.717, 1.165) is 11.1 Å². The minimum Gasteiger partial charge on any atom is -0.378 e. The van der Waals surface area contributed by atoms with Crippen LogP contribution in [0.3, 0.4) is 0 Å². The van der Waals surface area contributed by atoms with Crippen LogP contribution in [0.15, 0.2) is 41.1 Å². The maximum absolute atomic E-state index is 12.2. The van der Waals surface area contributed by atoms with Crippen molar-refractivity contribution < 1.29 is 14.3 Å². The highest BCUT2D eigenvalue weighted by atomic mass is 32.1. The van der Waals surface area contributed by atoms with Gasteiger partial charge in [0.1, 0.15) is 0 Å². The van der Waals surface area contributed by atoms with E-state index in [-0.39, 0.29) is 18.4 Å². The lowest BCUT2D eigenvalue weighted by molar-refractivity contribution is -0.134. The molecule has 6 heteroatoms. The lowest BCUT2D eigenvalue weighted by atomic mass is 10.1. The summed E-state index contributed by atoms with van der Waals surface area (Å²) >= 11 is 1.62. The number of nitrogens with one attached hydrogen (secondary N) is 1. The molecule has 0 bridgehead atoms. The lowest BCUT2D eigenvalue weighted by Crippen LogP contribution is -2.45. The van der Waals surface area contributed by atoms with E-state index < -0.39 is 0 Å². The number of thiophene rings is 1. The first-order chi connectivity index (χ1) is 11.2. The Morgan fingerprint density at radius 3 is 2.74 bits per heavy atom. The Labute approximate surface area is 138 Å². The minimum atomic E-state index is -0.233. The van der Waals surface area contributed by atoms with Crippen LogP contribution >= 0.6 is 11.3 Å². The zero-order valence-corrected chi connectivity index (χ0v) is 13.5. The second-order valence-corrected chi connectivity index (χ2v) is 6.05. The van der Waals surface area contributed by atoms with Gasteiger partial charge in [-0.25, -0.2) is 0 Å². The van der Waals surface area contributed by atoms with Gasteiger partial charge in [0, 0.05) is 18.7 Å². The van der Waals surface area contributed by atoms with Gasteiger partial charge in [0.15, 0.2) is 0 Å². The number of amides is 2. The number of carbonyl (C=O) groups excluding carboxylic acids is 2. The van der Waals surface area contributed by atoms with Gasteiger partial charge in [-0.2, -0.15) is 11.3 Å². The largest absolute Gasteiger partial charge is 0.378 e. The van der Waals surface area contributed by atoms with Crippen molar-refractivity contribution in [3.63, 3.8) is 0 Å². The minimum absolute atomic E-state index is 0.0154. The van der Waals surface area contributed by atoms with Gasteiger partial charge in [-0.1, -0.05) is 12.1 Å². The highest BCUT2D eigenvalue weighted by Crippen LogP contribution is 2.22. The predicted molar refractivity (Wildman–Crippen MR) is 89.5 cm³/mol. The number of rotatable bonds is 4. The van der Waals surface area contributed by atoms with Crippen molar-refractivity contribution in [2.75, 3.05) is 32.8 Å². The summed E-state index contributed by atoms with van der Waals surface area (Å²) in [4.78, 5) is 26.0. The SMILES string of the molecule is O=C(NCC(=O)N1CCOCC1)c1cccc(-c2ccsc2)c1. The predicted octanol–water partition coefficient (Wildman–Crippen LogP) is 2.00. The van der Waals surface area contributed by atoms with Crippen molar-refractivity contribution in [3.05, 3.63) is 46.7 Å². The summed E-state index contributed by atoms with van der Waals surface area (Å²) in [5.74, 6) is -0.306. The molecule has 1 aromatic heterocycles. The van der Waals surface area contributed by atoms with E-state index in [1.54, 1.807) is 22.3 Å². The number of carbonyl (C=O) groups is 2. The molecule has 2 amide bonds. The van der Waals surface area contributed by atoms with Crippen LogP contribution in [0.25, 0.3) is 11.1 Å². The molecule has 2 aromatic rings. The average molecular weight is 330 g/mol. The number of benzene rings is 1. The fourth-order valence-corrected chi connectivity index (χ4v) is 3.12. The molecule has 5 nitrogen and oxygen atoms in total. The first-order valence-corrected chi connectivity index (χ1v) is 8.45. The number of hydrogen-bond acceptors (Lipinski definition) is 4. The van der Waals surface area contributed by atoms with Crippen LogP contribution in [0.1, 0.15) is 10.4 Å². The fraction of sp³-hybridized carbons (Fsp3) is 0.294. The highest BCUT2D eigenvalue weighted by Gasteiger charge is 2.17. The first kappa shape index (κ1) is 15.7. The van der Waals surface area contributed by atoms with Crippen molar-refractivity contribution in [2.24, 2.45) is 0 Å². The molecule has 0 radical (unpaired) electrons. The number of morpholine rings is 1. The summed E-state index contributed by atoms with van der Waals surface area (Å²) in [5.41, 5.74) is 2.65. The third-order valence-corrected chi connectivity index (χ3v) is 4.43. The molecular weight excluding hydrogens is 312 g/mol. The Morgan fingerprint density at radius 2 is 2.00 bits per heavy atom. The van der Waals surface area contributed by atoms with Crippen LogP contribution in [0.2, 0.25) is 0 Å². The molecular formula is C17H18N2O3S. The Morgan fingerprint density at radius 1 is 1.17 bits per heavy atom. The monoisotopic (exact) mass is 330 g/mol. The third-order valence-electron chi connectivity index (χ3n) is 3.74. The van der Waals surface area contributed by atoms with Gasteiger partial charge in [0.2, 0.25) is 5.91 Å². The second-order valence-electron chi connectivity index (χ2n) is 5.27. The van der Waals surface area contributed by atoms with Crippen molar-refractivity contribution in [1.29, 1.82) is 0 Å². The zero-order chi connectivity index (χ0) is 16.1. The maximum atomic E-state index is 12.2. The number of hydrogen-bond donors (Lipinski definition) is 1. The molecule has 0 spiro atoms. The maximum Gasteiger partial charge on any atom is 0.251 e. The van der Waals surface area contributed by atoms with Gasteiger partial charge in [0.05, 0.1) is 19.8 Å². The summed E-state index contributed by atoms with van der Waals surface area (Å²) in [7, 11) is 0. The fourth-order valence-electron chi connectivity index (χ4n) is 2.45. The molecule has 1 N–H and O–H groups in total. The Hall–Kier alpha value is -2.18. The van der Waals surface area contributed by atoms with Crippen molar-refractivity contribution >= 4 is 23.2 Å². The van der Waals surface area contributed by atoms with Crippen molar-refractivity contribution in [1.82, 2.24) is 10.2 Å². The highest BCUT2D eigenvalue weighted by molar-refractivity contribution is 7.08. The molecule has 0 saturated carbocycles. The van der Waals surface area contributed by atoms with Gasteiger partial charge in [-0.3, -0.25) is 9.59 Å². The molecule has 1 aromatic carbocycles. The summed E-state index contributed by atoms with van der Waals surface area (Å²) in [5, 5.41) is 6.74. The molecule has 1 saturated heterocycles. The molecule has 23 heavy (non-hydrogen) atoms. The number of ether oxygens (including phenoxy) is 1. The molecule has 3 rings (SSSR count). The van der Waals surface area contributed by atoms with Gasteiger partial charge in [-0.15, -0.1) is 0 Å². The third kappa shape index (κ3) is 3.97. The Kier molecular flexibility index (Phi) is 5.05. The normalized spacial score (nSPS) is 14.5. The summed E-state index contributed by atoms with van der Waals surface area (Å²) in [6.07, 6.45) is 0. The van der Waals surface area contributed by atoms with Crippen LogP contribution in [0, 0.1) is 0 Å². The topological polar surface area (TPSA) is 58.6 Å². The van der Waals surface area contributed by atoms with Crippen LogP contribution in [-0.2, 0) is 9.53 Å². The van der Waals surface area contributed by atoms with Crippen LogP contribution in [-0.4, -0.2) is 49.6 Å². The Bertz CT molecular complexity index is 679. The van der Waals surface area contributed by atoms with E-state index in [1.807, 2.05) is 35.0 Å². The van der Waals surface area contributed by atoms with E-state index >= 15 is 0 Å². The molecule has 1 aliphatic rings.